The van der Waals surface area contributed by atoms with E-state index in [-0.39, 0.29) is 26.5 Å². The fourth-order valence-corrected chi connectivity index (χ4v) is 4.84. The van der Waals surface area contributed by atoms with Gasteiger partial charge >= 0.3 is 5.97 Å². The summed E-state index contributed by atoms with van der Waals surface area (Å²) in [6.45, 7) is 1.21. The Bertz CT molecular complexity index is 1220. The first-order valence-corrected chi connectivity index (χ1v) is 10.6. The monoisotopic (exact) mass is 446 g/mol. The molecule has 0 radical (unpaired) electrons. The van der Waals surface area contributed by atoms with Crippen LogP contribution < -0.4 is 4.80 Å². The number of hydrogen-bond donors (Lipinski definition) is 0. The number of aromatic nitrogens is 1. The maximum Gasteiger partial charge on any atom is 0.326 e. The molecule has 1 aromatic heterocycles. The normalized spacial score (nSPS) is 12.5. The van der Waals surface area contributed by atoms with Crippen LogP contribution in [0.15, 0.2) is 45.7 Å². The number of nitrogens with zero attached hydrogens (tertiary/aromatic N) is 2. The van der Waals surface area contributed by atoms with Gasteiger partial charge in [-0.1, -0.05) is 22.9 Å². The topological polar surface area (TPSA) is 77.7 Å². The Balaban J connectivity index is 2.24. The van der Waals surface area contributed by atoms with E-state index in [1.54, 1.807) is 6.92 Å². The van der Waals surface area contributed by atoms with Gasteiger partial charge in [0.1, 0.15) is 12.4 Å². The molecule has 3 aromatic rings. The fraction of sp³-hybridized carbons (Fsp3) is 0.176. The largest absolute Gasteiger partial charge is 0.465 e. The van der Waals surface area contributed by atoms with E-state index < -0.39 is 34.2 Å². The van der Waals surface area contributed by atoms with Gasteiger partial charge in [0.15, 0.2) is 5.82 Å². The second-order valence-corrected chi connectivity index (χ2v) is 8.58. The fourth-order valence-electron chi connectivity index (χ4n) is 2.44. The zero-order chi connectivity index (χ0) is 20.5. The van der Waals surface area contributed by atoms with Gasteiger partial charge in [-0.05, 0) is 37.3 Å². The van der Waals surface area contributed by atoms with Gasteiger partial charge in [-0.15, -0.1) is 4.40 Å². The number of hydrogen-bond acceptors (Lipinski definition) is 5. The lowest BCUT2D eigenvalue weighted by atomic mass is 10.3. The molecule has 0 aliphatic carbocycles. The van der Waals surface area contributed by atoms with Crippen molar-refractivity contribution in [1.82, 2.24) is 4.57 Å². The molecule has 0 N–H and O–H groups in total. The van der Waals surface area contributed by atoms with Crippen LogP contribution in [0.2, 0.25) is 5.02 Å². The molecule has 0 saturated heterocycles. The summed E-state index contributed by atoms with van der Waals surface area (Å²) in [5.74, 6) is -2.49. The highest BCUT2D eigenvalue weighted by Gasteiger charge is 2.19. The molecule has 0 atom stereocenters. The first-order chi connectivity index (χ1) is 13.2. The van der Waals surface area contributed by atoms with Gasteiger partial charge in [-0.25, -0.2) is 8.78 Å². The van der Waals surface area contributed by atoms with Crippen LogP contribution in [0.1, 0.15) is 6.92 Å². The van der Waals surface area contributed by atoms with Crippen molar-refractivity contribution >= 4 is 49.1 Å². The van der Waals surface area contributed by atoms with Crippen molar-refractivity contribution in [1.29, 1.82) is 0 Å². The number of sulfonamides is 1. The van der Waals surface area contributed by atoms with E-state index in [1.807, 2.05) is 0 Å². The van der Waals surface area contributed by atoms with Crippen LogP contribution in [0, 0.1) is 11.6 Å². The third-order valence-electron chi connectivity index (χ3n) is 3.60. The first kappa shape index (κ1) is 20.4. The number of thiazole rings is 1. The number of halogens is 3. The molecule has 0 saturated carbocycles. The van der Waals surface area contributed by atoms with Crippen molar-refractivity contribution in [2.24, 2.45) is 4.40 Å². The smallest absolute Gasteiger partial charge is 0.326 e. The number of carbonyl (C=O) groups is 1. The van der Waals surface area contributed by atoms with E-state index >= 15 is 0 Å². The number of benzene rings is 2. The highest BCUT2D eigenvalue weighted by atomic mass is 35.5. The van der Waals surface area contributed by atoms with Gasteiger partial charge in [0.05, 0.1) is 21.7 Å². The molecule has 0 bridgehead atoms. The Morgan fingerprint density at radius 2 is 1.93 bits per heavy atom. The Hall–Kier alpha value is -2.30. The van der Waals surface area contributed by atoms with Crippen LogP contribution in [-0.2, 0) is 26.1 Å². The van der Waals surface area contributed by atoms with Crippen LogP contribution in [0.25, 0.3) is 10.2 Å². The highest BCUT2D eigenvalue weighted by Crippen LogP contribution is 2.23. The maximum atomic E-state index is 14.3. The van der Waals surface area contributed by atoms with Crippen LogP contribution in [0.3, 0.4) is 0 Å². The van der Waals surface area contributed by atoms with Crippen LogP contribution in [-0.4, -0.2) is 25.6 Å². The lowest BCUT2D eigenvalue weighted by molar-refractivity contribution is -0.143. The van der Waals surface area contributed by atoms with E-state index in [9.17, 15) is 22.0 Å². The Labute approximate surface area is 167 Å². The minimum Gasteiger partial charge on any atom is -0.465 e. The van der Waals surface area contributed by atoms with Gasteiger partial charge in [0, 0.05) is 11.1 Å². The Morgan fingerprint density at radius 1 is 1.25 bits per heavy atom. The number of esters is 1. The molecule has 0 aliphatic rings. The number of fused-ring (bicyclic) bond motifs is 1. The van der Waals surface area contributed by atoms with Crippen LogP contribution in [0.5, 0.6) is 0 Å². The Kier molecular flexibility index (Phi) is 5.82. The first-order valence-electron chi connectivity index (χ1n) is 7.92. The van der Waals surface area contributed by atoms with Crippen molar-refractivity contribution in [3.05, 3.63) is 57.9 Å². The minimum atomic E-state index is -4.18. The molecule has 1 heterocycles. The molecule has 6 nitrogen and oxygen atoms in total. The molecule has 0 aliphatic heterocycles. The third kappa shape index (κ3) is 4.23. The molecule has 2 aromatic carbocycles. The summed E-state index contributed by atoms with van der Waals surface area (Å²) in [6.07, 6.45) is 0. The minimum absolute atomic E-state index is 0.0914. The molecular weight excluding hydrogens is 434 g/mol. The third-order valence-corrected chi connectivity index (χ3v) is 6.27. The average molecular weight is 447 g/mol. The van der Waals surface area contributed by atoms with Gasteiger partial charge < -0.3 is 9.30 Å². The van der Waals surface area contributed by atoms with Crippen molar-refractivity contribution in [2.45, 2.75) is 18.4 Å². The van der Waals surface area contributed by atoms with Gasteiger partial charge in [-0.3, -0.25) is 4.79 Å². The number of rotatable bonds is 5. The predicted octanol–water partition coefficient (Wildman–Crippen LogP) is 3.49. The molecule has 148 valence electrons. The zero-order valence-corrected chi connectivity index (χ0v) is 16.7. The molecule has 0 unspecified atom stereocenters. The maximum absolute atomic E-state index is 14.3. The molecular formula is C17H13ClF2N2O4S2. The summed E-state index contributed by atoms with van der Waals surface area (Å²) in [5, 5.41) is 0.343. The van der Waals surface area contributed by atoms with Gasteiger partial charge in [-0.2, -0.15) is 8.42 Å². The Morgan fingerprint density at radius 3 is 2.57 bits per heavy atom. The molecule has 0 spiro atoms. The van der Waals surface area contributed by atoms with Gasteiger partial charge in [0.2, 0.25) is 4.80 Å². The number of ether oxygens (including phenoxy) is 1. The van der Waals surface area contributed by atoms with Crippen molar-refractivity contribution < 1.29 is 26.7 Å². The summed E-state index contributed by atoms with van der Waals surface area (Å²) in [6, 6.07) is 6.99. The zero-order valence-electron chi connectivity index (χ0n) is 14.4. The van der Waals surface area contributed by atoms with Crippen molar-refractivity contribution in [3.8, 4) is 0 Å². The van der Waals surface area contributed by atoms with Crippen molar-refractivity contribution in [3.63, 3.8) is 0 Å². The summed E-state index contributed by atoms with van der Waals surface area (Å²) in [5.41, 5.74) is -0.135. The number of carbonyl (C=O) groups excluding carboxylic acids is 1. The average Bonchev–Trinajstić information content (AvgIpc) is 2.91. The summed E-state index contributed by atoms with van der Waals surface area (Å²) in [4.78, 5) is 11.6. The molecule has 11 heteroatoms. The molecule has 28 heavy (non-hydrogen) atoms. The standard InChI is InChI=1S/C17H13ClF2N2O4S2/c1-2-26-15(23)9-22-16-13(20)7-11(19)8-14(16)27-17(22)21-28(24,25)12-5-3-10(18)4-6-12/h3-8H,2,9H2,1H3. The second-order valence-electron chi connectivity index (χ2n) is 5.53. The summed E-state index contributed by atoms with van der Waals surface area (Å²) in [7, 11) is -4.18. The van der Waals surface area contributed by atoms with Crippen LogP contribution >= 0.6 is 22.9 Å². The highest BCUT2D eigenvalue weighted by molar-refractivity contribution is 7.90. The van der Waals surface area contributed by atoms with E-state index in [0.29, 0.717) is 11.1 Å². The van der Waals surface area contributed by atoms with Gasteiger partial charge in [0.25, 0.3) is 10.0 Å². The van der Waals surface area contributed by atoms with E-state index in [1.165, 1.54) is 24.3 Å². The SMILES string of the molecule is CCOC(=O)Cn1c(=NS(=O)(=O)c2ccc(Cl)cc2)sc2cc(F)cc(F)c21. The second kappa shape index (κ2) is 7.98. The van der Waals surface area contributed by atoms with E-state index in [2.05, 4.69) is 4.40 Å². The van der Waals surface area contributed by atoms with Crippen molar-refractivity contribution in [2.75, 3.05) is 6.61 Å². The van der Waals surface area contributed by atoms with E-state index in [0.717, 1.165) is 22.0 Å². The predicted molar refractivity (Wildman–Crippen MR) is 101 cm³/mol. The molecule has 3 rings (SSSR count). The van der Waals surface area contributed by atoms with Crippen LogP contribution in [0.4, 0.5) is 8.78 Å². The molecule has 0 amide bonds. The van der Waals surface area contributed by atoms with E-state index in [4.69, 9.17) is 16.3 Å². The molecule has 0 fully saturated rings. The lowest BCUT2D eigenvalue weighted by Crippen LogP contribution is -2.23. The lowest BCUT2D eigenvalue weighted by Gasteiger charge is -2.06. The summed E-state index contributed by atoms with van der Waals surface area (Å²) >= 11 is 6.50. The quantitative estimate of drug-likeness (QED) is 0.562. The summed E-state index contributed by atoms with van der Waals surface area (Å²) < 4.78 is 62.9.